The summed E-state index contributed by atoms with van der Waals surface area (Å²) in [4.78, 5) is 10.6. The molecule has 0 radical (unpaired) electrons. The molecule has 2 rings (SSSR count). The van der Waals surface area contributed by atoms with Crippen LogP contribution in [0.15, 0.2) is 24.3 Å². The number of hydrogen-bond acceptors (Lipinski definition) is 3. The Hall–Kier alpha value is -1.88. The fraction of sp³-hybridized carbons (Fsp3) is 0.250. The predicted octanol–water partition coefficient (Wildman–Crippen LogP) is 1.92. The molecule has 5 nitrogen and oxygen atoms in total. The van der Waals surface area contributed by atoms with Gasteiger partial charge in [-0.3, -0.25) is 4.79 Å². The molecule has 1 aromatic carbocycles. The molecule has 0 saturated carbocycles. The van der Waals surface area contributed by atoms with Gasteiger partial charge < -0.3 is 5.11 Å². The second-order valence-electron chi connectivity index (χ2n) is 3.98. The number of carboxylic acid groups (broad SMARTS) is 1. The van der Waals surface area contributed by atoms with E-state index in [9.17, 15) is 4.79 Å². The van der Waals surface area contributed by atoms with Gasteiger partial charge in [-0.15, -0.1) is 5.10 Å². The summed E-state index contributed by atoms with van der Waals surface area (Å²) in [5.74, 6) is -0.909. The van der Waals surface area contributed by atoms with E-state index in [1.54, 1.807) is 10.7 Å². The molecule has 0 bridgehead atoms. The second-order valence-corrected chi connectivity index (χ2v) is 4.42. The van der Waals surface area contributed by atoms with Crippen molar-refractivity contribution < 1.29 is 9.90 Å². The fourth-order valence-electron chi connectivity index (χ4n) is 1.66. The highest BCUT2D eigenvalue weighted by Crippen LogP contribution is 2.13. The highest BCUT2D eigenvalue weighted by Gasteiger charge is 2.11. The zero-order valence-electron chi connectivity index (χ0n) is 9.80. The number of carbonyl (C=O) groups is 1. The molecule has 0 saturated heterocycles. The summed E-state index contributed by atoms with van der Waals surface area (Å²) in [7, 11) is 0. The van der Waals surface area contributed by atoms with Crippen molar-refractivity contribution in [3.63, 3.8) is 0 Å². The molecule has 6 heteroatoms. The van der Waals surface area contributed by atoms with E-state index in [1.807, 2.05) is 25.1 Å². The summed E-state index contributed by atoms with van der Waals surface area (Å²) in [6, 6.07) is 7.45. The van der Waals surface area contributed by atoms with Crippen LogP contribution < -0.4 is 0 Å². The van der Waals surface area contributed by atoms with E-state index in [0.717, 1.165) is 11.3 Å². The lowest BCUT2D eigenvalue weighted by Gasteiger charge is -2.04. The Morgan fingerprint density at radius 1 is 1.50 bits per heavy atom. The summed E-state index contributed by atoms with van der Waals surface area (Å²) in [5.41, 5.74) is 2.25. The molecule has 1 N–H and O–H groups in total. The third kappa shape index (κ3) is 2.87. The molecule has 0 aliphatic rings. The molecule has 0 fully saturated rings. The molecular formula is C12H12ClN3O2. The van der Waals surface area contributed by atoms with Crippen molar-refractivity contribution in [2.24, 2.45) is 0 Å². The maximum absolute atomic E-state index is 10.6. The first kappa shape index (κ1) is 12.6. The monoisotopic (exact) mass is 265 g/mol. The lowest BCUT2D eigenvalue weighted by atomic mass is 10.2. The van der Waals surface area contributed by atoms with E-state index in [1.165, 1.54) is 0 Å². The number of aliphatic carboxylic acids is 1. The highest BCUT2D eigenvalue weighted by molar-refractivity contribution is 6.30. The largest absolute Gasteiger partial charge is 0.481 e. The third-order valence-corrected chi connectivity index (χ3v) is 2.85. The van der Waals surface area contributed by atoms with Crippen molar-refractivity contribution in [2.45, 2.75) is 19.9 Å². The van der Waals surface area contributed by atoms with Gasteiger partial charge in [-0.25, -0.2) is 4.68 Å². The average Bonchev–Trinajstić information content (AvgIpc) is 2.61. The van der Waals surface area contributed by atoms with Crippen molar-refractivity contribution in [2.75, 3.05) is 0 Å². The minimum Gasteiger partial charge on any atom is -0.481 e. The van der Waals surface area contributed by atoms with Crippen LogP contribution in [-0.4, -0.2) is 26.1 Å². The first-order chi connectivity index (χ1) is 8.56. The second kappa shape index (κ2) is 5.18. The molecule has 0 atom stereocenters. The Balaban J connectivity index is 2.20. The summed E-state index contributed by atoms with van der Waals surface area (Å²) >= 11 is 5.90. The Kier molecular flexibility index (Phi) is 3.62. The van der Waals surface area contributed by atoms with Gasteiger partial charge in [0.1, 0.15) is 0 Å². The minimum absolute atomic E-state index is 0.110. The van der Waals surface area contributed by atoms with E-state index in [-0.39, 0.29) is 6.42 Å². The van der Waals surface area contributed by atoms with Crippen molar-refractivity contribution in [1.29, 1.82) is 0 Å². The van der Waals surface area contributed by atoms with Crippen LogP contribution in [0.3, 0.4) is 0 Å². The molecule has 0 aliphatic carbocycles. The van der Waals surface area contributed by atoms with E-state index >= 15 is 0 Å². The smallest absolute Gasteiger partial charge is 0.309 e. The van der Waals surface area contributed by atoms with Crippen LogP contribution in [0, 0.1) is 6.92 Å². The molecule has 1 aromatic heterocycles. The number of rotatable bonds is 4. The number of hydrogen-bond donors (Lipinski definition) is 1. The first-order valence-electron chi connectivity index (χ1n) is 5.41. The molecule has 0 aliphatic heterocycles. The van der Waals surface area contributed by atoms with E-state index in [2.05, 4.69) is 10.3 Å². The van der Waals surface area contributed by atoms with Gasteiger partial charge in [0, 0.05) is 5.02 Å². The molecule has 18 heavy (non-hydrogen) atoms. The number of aromatic nitrogens is 3. The molecular weight excluding hydrogens is 254 g/mol. The molecule has 0 spiro atoms. The van der Waals surface area contributed by atoms with Gasteiger partial charge in [0.25, 0.3) is 0 Å². The van der Waals surface area contributed by atoms with Gasteiger partial charge in [-0.1, -0.05) is 28.9 Å². The zero-order valence-corrected chi connectivity index (χ0v) is 10.6. The van der Waals surface area contributed by atoms with Crippen molar-refractivity contribution in [1.82, 2.24) is 15.0 Å². The standard InChI is InChI=1S/C12H12ClN3O2/c1-8-11(6-12(17)18)14-15-16(8)7-9-3-2-4-10(13)5-9/h2-5H,6-7H2,1H3,(H,17,18). The van der Waals surface area contributed by atoms with Gasteiger partial charge in [-0.05, 0) is 24.6 Å². The quantitative estimate of drug-likeness (QED) is 0.917. The van der Waals surface area contributed by atoms with Crippen molar-refractivity contribution >= 4 is 17.6 Å². The van der Waals surface area contributed by atoms with Crippen LogP contribution in [0.5, 0.6) is 0 Å². The normalized spacial score (nSPS) is 10.6. The number of halogens is 1. The van der Waals surface area contributed by atoms with E-state index < -0.39 is 5.97 Å². The average molecular weight is 266 g/mol. The Bertz CT molecular complexity index is 580. The summed E-state index contributed by atoms with van der Waals surface area (Å²) < 4.78 is 1.67. The lowest BCUT2D eigenvalue weighted by Crippen LogP contribution is -2.06. The van der Waals surface area contributed by atoms with Crippen LogP contribution in [0.25, 0.3) is 0 Å². The number of carboxylic acids is 1. The Labute approximate surface area is 109 Å². The number of benzene rings is 1. The predicted molar refractivity (Wildman–Crippen MR) is 66.7 cm³/mol. The van der Waals surface area contributed by atoms with Crippen molar-refractivity contribution in [3.8, 4) is 0 Å². The highest BCUT2D eigenvalue weighted by atomic mass is 35.5. The fourth-order valence-corrected chi connectivity index (χ4v) is 1.87. The third-order valence-electron chi connectivity index (χ3n) is 2.62. The summed E-state index contributed by atoms with van der Waals surface area (Å²) in [6.45, 7) is 2.34. The maximum atomic E-state index is 10.6. The lowest BCUT2D eigenvalue weighted by molar-refractivity contribution is -0.136. The summed E-state index contributed by atoms with van der Waals surface area (Å²) in [6.07, 6.45) is -0.110. The van der Waals surface area contributed by atoms with Gasteiger partial charge in [-0.2, -0.15) is 0 Å². The molecule has 94 valence electrons. The van der Waals surface area contributed by atoms with E-state index in [0.29, 0.717) is 17.3 Å². The SMILES string of the molecule is Cc1c(CC(=O)O)nnn1Cc1cccc(Cl)c1. The van der Waals surface area contributed by atoms with Crippen molar-refractivity contribution in [3.05, 3.63) is 46.2 Å². The Morgan fingerprint density at radius 3 is 2.94 bits per heavy atom. The van der Waals surface area contributed by atoms with E-state index in [4.69, 9.17) is 16.7 Å². The van der Waals surface area contributed by atoms with Gasteiger partial charge in [0.05, 0.1) is 24.4 Å². The van der Waals surface area contributed by atoms with Crippen LogP contribution >= 0.6 is 11.6 Å². The van der Waals surface area contributed by atoms with Crippen LogP contribution in [0.4, 0.5) is 0 Å². The summed E-state index contributed by atoms with van der Waals surface area (Å²) in [5, 5.41) is 17.2. The first-order valence-corrected chi connectivity index (χ1v) is 5.79. The minimum atomic E-state index is -0.909. The molecule has 0 unspecified atom stereocenters. The number of nitrogens with zero attached hydrogens (tertiary/aromatic N) is 3. The molecule has 0 amide bonds. The van der Waals surface area contributed by atoms with Crippen LogP contribution in [0.1, 0.15) is 17.0 Å². The van der Waals surface area contributed by atoms with Crippen LogP contribution in [-0.2, 0) is 17.8 Å². The zero-order chi connectivity index (χ0) is 13.1. The van der Waals surface area contributed by atoms with Gasteiger partial charge in [0.2, 0.25) is 0 Å². The van der Waals surface area contributed by atoms with Gasteiger partial charge >= 0.3 is 5.97 Å². The maximum Gasteiger partial charge on any atom is 0.309 e. The van der Waals surface area contributed by atoms with Gasteiger partial charge in [0.15, 0.2) is 0 Å². The topological polar surface area (TPSA) is 68.0 Å². The molecule has 2 aromatic rings. The molecule has 1 heterocycles. The van der Waals surface area contributed by atoms with Crippen LogP contribution in [0.2, 0.25) is 5.02 Å². The Morgan fingerprint density at radius 2 is 2.28 bits per heavy atom.